The van der Waals surface area contributed by atoms with Gasteiger partial charge in [0.2, 0.25) is 5.95 Å². The molecule has 0 aliphatic heterocycles. The third-order valence-electron chi connectivity index (χ3n) is 1.97. The zero-order valence-electron chi connectivity index (χ0n) is 10.1. The standard InChI is InChI=1S/C11H20N4O/c1-4-5-12-11-14-8(2)6-10(15-11)13-7-9(3)16/h6,9,16H,4-5,7H2,1-3H3,(H2,12,13,14,15). The number of anilines is 2. The number of aliphatic hydroxyl groups is 1. The van der Waals surface area contributed by atoms with E-state index in [1.54, 1.807) is 6.92 Å². The molecule has 1 rings (SSSR count). The molecule has 0 aliphatic rings. The largest absolute Gasteiger partial charge is 0.392 e. The van der Waals surface area contributed by atoms with Crippen LogP contribution in [0.15, 0.2) is 6.07 Å². The summed E-state index contributed by atoms with van der Waals surface area (Å²) in [6.07, 6.45) is 0.649. The number of rotatable bonds is 6. The number of hydrogen-bond donors (Lipinski definition) is 3. The second-order valence-corrected chi connectivity index (χ2v) is 3.87. The normalized spacial score (nSPS) is 12.2. The Labute approximate surface area is 96.3 Å². The first-order valence-electron chi connectivity index (χ1n) is 5.63. The fourth-order valence-electron chi connectivity index (χ4n) is 1.23. The van der Waals surface area contributed by atoms with E-state index in [9.17, 15) is 5.11 Å². The lowest BCUT2D eigenvalue weighted by Gasteiger charge is -2.10. The average Bonchev–Trinajstić information content (AvgIpc) is 2.23. The Balaban J connectivity index is 2.65. The van der Waals surface area contributed by atoms with Crippen molar-refractivity contribution in [2.45, 2.75) is 33.3 Å². The van der Waals surface area contributed by atoms with E-state index in [1.807, 2.05) is 13.0 Å². The highest BCUT2D eigenvalue weighted by atomic mass is 16.3. The SMILES string of the molecule is CCCNc1nc(C)cc(NCC(C)O)n1. The van der Waals surface area contributed by atoms with E-state index in [4.69, 9.17) is 0 Å². The fraction of sp³-hybridized carbons (Fsp3) is 0.636. The lowest BCUT2D eigenvalue weighted by atomic mass is 10.4. The molecule has 90 valence electrons. The van der Waals surface area contributed by atoms with Crippen molar-refractivity contribution in [3.8, 4) is 0 Å². The predicted molar refractivity (Wildman–Crippen MR) is 65.7 cm³/mol. The van der Waals surface area contributed by atoms with Crippen LogP contribution in [0.25, 0.3) is 0 Å². The molecular formula is C11H20N4O. The molecule has 16 heavy (non-hydrogen) atoms. The molecule has 0 aromatic carbocycles. The first kappa shape index (κ1) is 12.7. The van der Waals surface area contributed by atoms with Gasteiger partial charge in [-0.05, 0) is 20.3 Å². The number of aromatic nitrogens is 2. The Morgan fingerprint density at radius 3 is 2.75 bits per heavy atom. The maximum atomic E-state index is 9.17. The minimum atomic E-state index is -0.387. The molecule has 1 aromatic rings. The van der Waals surface area contributed by atoms with Gasteiger partial charge in [0.1, 0.15) is 5.82 Å². The molecule has 0 amide bonds. The molecule has 1 atom stereocenters. The topological polar surface area (TPSA) is 70.1 Å². The Bertz CT molecular complexity index is 328. The Morgan fingerprint density at radius 1 is 1.38 bits per heavy atom. The quantitative estimate of drug-likeness (QED) is 0.681. The van der Waals surface area contributed by atoms with Gasteiger partial charge in [-0.3, -0.25) is 0 Å². The highest BCUT2D eigenvalue weighted by molar-refractivity contribution is 5.42. The average molecular weight is 224 g/mol. The summed E-state index contributed by atoms with van der Waals surface area (Å²) in [6, 6.07) is 1.86. The van der Waals surface area contributed by atoms with E-state index in [-0.39, 0.29) is 6.10 Å². The molecule has 1 unspecified atom stereocenters. The lowest BCUT2D eigenvalue weighted by molar-refractivity contribution is 0.208. The van der Waals surface area contributed by atoms with Crippen LogP contribution in [0.5, 0.6) is 0 Å². The van der Waals surface area contributed by atoms with Gasteiger partial charge in [0.25, 0.3) is 0 Å². The molecule has 0 fully saturated rings. The van der Waals surface area contributed by atoms with Crippen LogP contribution < -0.4 is 10.6 Å². The maximum Gasteiger partial charge on any atom is 0.224 e. The molecule has 0 bridgehead atoms. The molecule has 1 aromatic heterocycles. The van der Waals surface area contributed by atoms with Gasteiger partial charge in [0.15, 0.2) is 0 Å². The molecular weight excluding hydrogens is 204 g/mol. The second-order valence-electron chi connectivity index (χ2n) is 3.87. The summed E-state index contributed by atoms with van der Waals surface area (Å²) in [6.45, 7) is 7.10. The van der Waals surface area contributed by atoms with Crippen LogP contribution in [-0.4, -0.2) is 34.3 Å². The van der Waals surface area contributed by atoms with Crippen molar-refractivity contribution >= 4 is 11.8 Å². The Kier molecular flexibility index (Phi) is 4.98. The minimum Gasteiger partial charge on any atom is -0.392 e. The molecule has 1 heterocycles. The van der Waals surface area contributed by atoms with Gasteiger partial charge in [-0.15, -0.1) is 0 Å². The maximum absolute atomic E-state index is 9.17. The van der Waals surface area contributed by atoms with E-state index in [0.717, 1.165) is 24.5 Å². The van der Waals surface area contributed by atoms with Gasteiger partial charge in [-0.1, -0.05) is 6.92 Å². The fourth-order valence-corrected chi connectivity index (χ4v) is 1.23. The van der Waals surface area contributed by atoms with Crippen molar-refractivity contribution in [2.75, 3.05) is 23.7 Å². The van der Waals surface area contributed by atoms with Crippen LogP contribution in [0.4, 0.5) is 11.8 Å². The van der Waals surface area contributed by atoms with Crippen molar-refractivity contribution in [1.29, 1.82) is 0 Å². The van der Waals surface area contributed by atoms with Crippen molar-refractivity contribution in [2.24, 2.45) is 0 Å². The summed E-state index contributed by atoms with van der Waals surface area (Å²) < 4.78 is 0. The molecule has 3 N–H and O–H groups in total. The van der Waals surface area contributed by atoms with E-state index in [1.165, 1.54) is 0 Å². The zero-order valence-corrected chi connectivity index (χ0v) is 10.1. The van der Waals surface area contributed by atoms with Crippen LogP contribution in [0, 0.1) is 6.92 Å². The molecule has 0 radical (unpaired) electrons. The molecule has 5 heteroatoms. The van der Waals surface area contributed by atoms with E-state index in [2.05, 4.69) is 27.5 Å². The van der Waals surface area contributed by atoms with E-state index < -0.39 is 0 Å². The van der Waals surface area contributed by atoms with Gasteiger partial charge < -0.3 is 15.7 Å². The number of nitrogens with zero attached hydrogens (tertiary/aromatic N) is 2. The van der Waals surface area contributed by atoms with E-state index in [0.29, 0.717) is 12.5 Å². The van der Waals surface area contributed by atoms with Crippen LogP contribution in [0.3, 0.4) is 0 Å². The third kappa shape index (κ3) is 4.44. The first-order chi connectivity index (χ1) is 7.61. The van der Waals surface area contributed by atoms with Crippen LogP contribution in [-0.2, 0) is 0 Å². The molecule has 5 nitrogen and oxygen atoms in total. The van der Waals surface area contributed by atoms with Gasteiger partial charge in [0, 0.05) is 24.8 Å². The summed E-state index contributed by atoms with van der Waals surface area (Å²) >= 11 is 0. The van der Waals surface area contributed by atoms with Gasteiger partial charge in [-0.25, -0.2) is 4.98 Å². The van der Waals surface area contributed by atoms with Crippen molar-refractivity contribution in [3.05, 3.63) is 11.8 Å². The molecule has 0 spiro atoms. The summed E-state index contributed by atoms with van der Waals surface area (Å²) in [4.78, 5) is 8.57. The Hall–Kier alpha value is -1.36. The third-order valence-corrected chi connectivity index (χ3v) is 1.97. The lowest BCUT2D eigenvalue weighted by Crippen LogP contribution is -2.17. The van der Waals surface area contributed by atoms with Crippen molar-refractivity contribution in [3.63, 3.8) is 0 Å². The predicted octanol–water partition coefficient (Wildman–Crippen LogP) is 1.40. The smallest absolute Gasteiger partial charge is 0.224 e. The molecule has 0 aliphatic carbocycles. The number of aryl methyl sites for hydroxylation is 1. The Morgan fingerprint density at radius 2 is 2.12 bits per heavy atom. The zero-order chi connectivity index (χ0) is 12.0. The number of hydrogen-bond acceptors (Lipinski definition) is 5. The van der Waals surface area contributed by atoms with Gasteiger partial charge in [0.05, 0.1) is 6.10 Å². The summed E-state index contributed by atoms with van der Waals surface area (Å²) in [5, 5.41) is 15.4. The van der Waals surface area contributed by atoms with Crippen LogP contribution in [0.1, 0.15) is 26.0 Å². The monoisotopic (exact) mass is 224 g/mol. The number of nitrogens with one attached hydrogen (secondary N) is 2. The first-order valence-corrected chi connectivity index (χ1v) is 5.63. The summed E-state index contributed by atoms with van der Waals surface area (Å²) in [5.74, 6) is 1.38. The van der Waals surface area contributed by atoms with Crippen LogP contribution >= 0.6 is 0 Å². The van der Waals surface area contributed by atoms with E-state index >= 15 is 0 Å². The van der Waals surface area contributed by atoms with Gasteiger partial charge >= 0.3 is 0 Å². The van der Waals surface area contributed by atoms with Gasteiger partial charge in [-0.2, -0.15) is 4.98 Å². The summed E-state index contributed by atoms with van der Waals surface area (Å²) in [5.41, 5.74) is 0.904. The van der Waals surface area contributed by atoms with Crippen molar-refractivity contribution < 1.29 is 5.11 Å². The number of aliphatic hydroxyl groups excluding tert-OH is 1. The van der Waals surface area contributed by atoms with Crippen LogP contribution in [0.2, 0.25) is 0 Å². The summed E-state index contributed by atoms with van der Waals surface area (Å²) in [7, 11) is 0. The highest BCUT2D eigenvalue weighted by Gasteiger charge is 2.02. The molecule has 0 saturated carbocycles. The van der Waals surface area contributed by atoms with Crippen molar-refractivity contribution in [1.82, 2.24) is 9.97 Å². The molecule has 0 saturated heterocycles. The highest BCUT2D eigenvalue weighted by Crippen LogP contribution is 2.09. The minimum absolute atomic E-state index is 0.387. The second kappa shape index (κ2) is 6.27.